The molecule has 0 saturated heterocycles. The zero-order valence-electron chi connectivity index (χ0n) is 11.1. The highest BCUT2D eigenvalue weighted by molar-refractivity contribution is 5.82. The minimum absolute atomic E-state index is 0.0600. The molecule has 0 aromatic carbocycles. The standard InChI is InChI=1S/C14H23NO3/c1-14(7-2-3-8-14)13(18)15-11-6-4-5-10(9-11)12(16)17/h10-11H,2-9H2,1H3,(H,15,18)(H,16,17). The van der Waals surface area contributed by atoms with Crippen LogP contribution in [0.3, 0.4) is 0 Å². The third-order valence-corrected chi connectivity index (χ3v) is 4.61. The lowest BCUT2D eigenvalue weighted by Crippen LogP contribution is -2.45. The molecule has 2 N–H and O–H groups in total. The first kappa shape index (κ1) is 13.4. The van der Waals surface area contributed by atoms with Gasteiger partial charge in [0.1, 0.15) is 0 Å². The largest absolute Gasteiger partial charge is 0.481 e. The van der Waals surface area contributed by atoms with Gasteiger partial charge in [-0.3, -0.25) is 9.59 Å². The Morgan fingerprint density at radius 3 is 2.44 bits per heavy atom. The second kappa shape index (κ2) is 5.29. The lowest BCUT2D eigenvalue weighted by molar-refractivity contribution is -0.143. The fourth-order valence-electron chi connectivity index (χ4n) is 3.29. The van der Waals surface area contributed by atoms with E-state index in [2.05, 4.69) is 5.32 Å². The summed E-state index contributed by atoms with van der Waals surface area (Å²) in [6.07, 6.45) is 7.36. The van der Waals surface area contributed by atoms with Crippen molar-refractivity contribution in [3.8, 4) is 0 Å². The van der Waals surface area contributed by atoms with Crippen LogP contribution in [0.1, 0.15) is 58.3 Å². The van der Waals surface area contributed by atoms with Crippen LogP contribution < -0.4 is 5.32 Å². The van der Waals surface area contributed by atoms with E-state index in [-0.39, 0.29) is 23.3 Å². The quantitative estimate of drug-likeness (QED) is 0.811. The summed E-state index contributed by atoms with van der Waals surface area (Å²) in [7, 11) is 0. The first-order chi connectivity index (χ1) is 8.51. The summed E-state index contributed by atoms with van der Waals surface area (Å²) in [5.74, 6) is -0.863. The van der Waals surface area contributed by atoms with E-state index in [1.54, 1.807) is 0 Å². The van der Waals surface area contributed by atoms with Gasteiger partial charge >= 0.3 is 5.97 Å². The van der Waals surface area contributed by atoms with Gasteiger partial charge < -0.3 is 10.4 Å². The monoisotopic (exact) mass is 253 g/mol. The topological polar surface area (TPSA) is 66.4 Å². The number of rotatable bonds is 3. The van der Waals surface area contributed by atoms with Crippen LogP contribution in [0.2, 0.25) is 0 Å². The van der Waals surface area contributed by atoms with E-state index >= 15 is 0 Å². The first-order valence-corrected chi connectivity index (χ1v) is 7.05. The summed E-state index contributed by atoms with van der Waals surface area (Å²) in [4.78, 5) is 23.2. The van der Waals surface area contributed by atoms with Crippen LogP contribution in [0, 0.1) is 11.3 Å². The Hall–Kier alpha value is -1.06. The molecule has 2 unspecified atom stereocenters. The van der Waals surface area contributed by atoms with Crippen molar-refractivity contribution in [1.82, 2.24) is 5.32 Å². The number of carboxylic acid groups (broad SMARTS) is 1. The van der Waals surface area contributed by atoms with Crippen LogP contribution in [-0.4, -0.2) is 23.0 Å². The van der Waals surface area contributed by atoms with Gasteiger partial charge in [-0.15, -0.1) is 0 Å². The van der Waals surface area contributed by atoms with Gasteiger partial charge in [0, 0.05) is 11.5 Å². The number of hydrogen-bond donors (Lipinski definition) is 2. The van der Waals surface area contributed by atoms with Gasteiger partial charge in [0.15, 0.2) is 0 Å². The Balaban J connectivity index is 1.89. The third-order valence-electron chi connectivity index (χ3n) is 4.61. The highest BCUT2D eigenvalue weighted by Crippen LogP contribution is 2.38. The average Bonchev–Trinajstić information content (AvgIpc) is 2.78. The zero-order valence-corrected chi connectivity index (χ0v) is 11.1. The van der Waals surface area contributed by atoms with Crippen LogP contribution in [0.5, 0.6) is 0 Å². The third kappa shape index (κ3) is 2.85. The lowest BCUT2D eigenvalue weighted by atomic mass is 9.83. The number of carbonyl (C=O) groups excluding carboxylic acids is 1. The van der Waals surface area contributed by atoms with E-state index in [9.17, 15) is 9.59 Å². The highest BCUT2D eigenvalue weighted by Gasteiger charge is 2.38. The average molecular weight is 253 g/mol. The minimum atomic E-state index is -0.721. The van der Waals surface area contributed by atoms with Gasteiger partial charge in [-0.1, -0.05) is 26.2 Å². The maximum Gasteiger partial charge on any atom is 0.306 e. The molecule has 0 aromatic heterocycles. The maximum atomic E-state index is 12.3. The molecule has 0 spiro atoms. The molecule has 0 radical (unpaired) electrons. The van der Waals surface area contributed by atoms with Gasteiger partial charge in [0.25, 0.3) is 0 Å². The Labute approximate surface area is 108 Å². The molecule has 0 bridgehead atoms. The summed E-state index contributed by atoms with van der Waals surface area (Å²) in [6.45, 7) is 2.03. The number of nitrogens with one attached hydrogen (secondary N) is 1. The van der Waals surface area contributed by atoms with E-state index in [1.807, 2.05) is 6.92 Å². The van der Waals surface area contributed by atoms with Crippen LogP contribution in [0.15, 0.2) is 0 Å². The maximum absolute atomic E-state index is 12.3. The molecule has 2 rings (SSSR count). The Morgan fingerprint density at radius 1 is 1.17 bits per heavy atom. The molecule has 0 aromatic rings. The predicted octanol–water partition coefficient (Wildman–Crippen LogP) is 2.33. The number of aliphatic carboxylic acids is 1. The molecule has 0 aliphatic heterocycles. The summed E-state index contributed by atoms with van der Waals surface area (Å²) in [6, 6.07) is 0.0600. The lowest BCUT2D eigenvalue weighted by Gasteiger charge is -2.31. The van der Waals surface area contributed by atoms with E-state index in [1.165, 1.54) is 0 Å². The zero-order chi connectivity index (χ0) is 13.2. The Bertz CT molecular complexity index is 334. The molecule has 2 fully saturated rings. The van der Waals surface area contributed by atoms with E-state index in [0.717, 1.165) is 44.9 Å². The Morgan fingerprint density at radius 2 is 1.83 bits per heavy atom. The first-order valence-electron chi connectivity index (χ1n) is 7.05. The molecule has 18 heavy (non-hydrogen) atoms. The molecule has 4 heteroatoms. The molecule has 2 aliphatic carbocycles. The van der Waals surface area contributed by atoms with Gasteiger partial charge in [-0.25, -0.2) is 0 Å². The summed E-state index contributed by atoms with van der Waals surface area (Å²) < 4.78 is 0. The second-order valence-electron chi connectivity index (χ2n) is 6.14. The van der Waals surface area contributed by atoms with Crippen LogP contribution in [0.25, 0.3) is 0 Å². The van der Waals surface area contributed by atoms with Gasteiger partial charge in [-0.2, -0.15) is 0 Å². The van der Waals surface area contributed by atoms with E-state index < -0.39 is 5.97 Å². The van der Waals surface area contributed by atoms with Gasteiger partial charge in [-0.05, 0) is 32.1 Å². The SMILES string of the molecule is CC1(C(=O)NC2CCCC(C(=O)O)C2)CCCC1. The molecule has 2 aliphatic rings. The predicted molar refractivity (Wildman–Crippen MR) is 68.1 cm³/mol. The molecule has 1 amide bonds. The smallest absolute Gasteiger partial charge is 0.306 e. The number of amides is 1. The minimum Gasteiger partial charge on any atom is -0.481 e. The summed E-state index contributed by atoms with van der Waals surface area (Å²) >= 11 is 0. The highest BCUT2D eigenvalue weighted by atomic mass is 16.4. The van der Waals surface area contributed by atoms with Gasteiger partial charge in [0.05, 0.1) is 5.92 Å². The summed E-state index contributed by atoms with van der Waals surface area (Å²) in [5.41, 5.74) is -0.212. The Kier molecular flexibility index (Phi) is 3.93. The fraction of sp³-hybridized carbons (Fsp3) is 0.857. The van der Waals surface area contributed by atoms with Crippen LogP contribution in [-0.2, 0) is 9.59 Å². The van der Waals surface area contributed by atoms with E-state index in [0.29, 0.717) is 6.42 Å². The van der Waals surface area contributed by atoms with Crippen molar-refractivity contribution in [2.45, 2.75) is 64.3 Å². The van der Waals surface area contributed by atoms with Crippen molar-refractivity contribution in [3.05, 3.63) is 0 Å². The van der Waals surface area contributed by atoms with Crippen molar-refractivity contribution in [1.29, 1.82) is 0 Å². The van der Waals surface area contributed by atoms with Crippen molar-refractivity contribution >= 4 is 11.9 Å². The van der Waals surface area contributed by atoms with Crippen LogP contribution >= 0.6 is 0 Å². The summed E-state index contributed by atoms with van der Waals surface area (Å²) in [5, 5.41) is 12.1. The van der Waals surface area contributed by atoms with Crippen molar-refractivity contribution in [3.63, 3.8) is 0 Å². The van der Waals surface area contributed by atoms with E-state index in [4.69, 9.17) is 5.11 Å². The number of hydrogen-bond acceptors (Lipinski definition) is 2. The molecular weight excluding hydrogens is 230 g/mol. The fourth-order valence-corrected chi connectivity index (χ4v) is 3.29. The molecular formula is C14H23NO3. The molecule has 4 nitrogen and oxygen atoms in total. The van der Waals surface area contributed by atoms with Crippen LogP contribution in [0.4, 0.5) is 0 Å². The normalized spacial score (nSPS) is 30.9. The second-order valence-corrected chi connectivity index (χ2v) is 6.14. The number of carbonyl (C=O) groups is 2. The molecule has 2 saturated carbocycles. The molecule has 2 atom stereocenters. The van der Waals surface area contributed by atoms with Crippen molar-refractivity contribution in [2.75, 3.05) is 0 Å². The molecule has 0 heterocycles. The van der Waals surface area contributed by atoms with Crippen molar-refractivity contribution in [2.24, 2.45) is 11.3 Å². The van der Waals surface area contributed by atoms with Crippen molar-refractivity contribution < 1.29 is 14.7 Å². The van der Waals surface area contributed by atoms with Gasteiger partial charge in [0.2, 0.25) is 5.91 Å². The number of carboxylic acids is 1. The molecule has 102 valence electrons.